The normalized spacial score (nSPS) is 25.4. The van der Waals surface area contributed by atoms with E-state index in [-0.39, 0.29) is 17.7 Å². The number of morpholine rings is 1. The standard InChI is InChI=1S/C25H37BClNO5/c1-16-11-17(27)12-20(26-32-23(5,6)24(7,8)33-26)19(16)13-18-14-28(21(29)31-22(2,3)4)25(9-10-25)15-30-18/h11-12,18H,9-10,13-15H2,1-8H3. The van der Waals surface area contributed by atoms with Crippen LogP contribution in [0.4, 0.5) is 4.79 Å². The Morgan fingerprint density at radius 2 is 1.79 bits per heavy atom. The van der Waals surface area contributed by atoms with Gasteiger partial charge in [0, 0.05) is 11.4 Å². The van der Waals surface area contributed by atoms with E-state index in [2.05, 4.69) is 0 Å². The number of benzene rings is 1. The molecule has 1 aromatic rings. The largest absolute Gasteiger partial charge is 0.495 e. The first kappa shape index (κ1) is 24.8. The zero-order valence-corrected chi connectivity index (χ0v) is 22.0. The molecule has 1 atom stereocenters. The Hall–Kier alpha value is -1.28. The van der Waals surface area contributed by atoms with Crippen LogP contribution in [-0.4, -0.2) is 59.7 Å². The lowest BCUT2D eigenvalue weighted by molar-refractivity contribution is -0.0778. The fraction of sp³-hybridized carbons (Fsp3) is 0.720. The number of rotatable bonds is 3. The summed E-state index contributed by atoms with van der Waals surface area (Å²) in [6.07, 6.45) is 2.14. The lowest BCUT2D eigenvalue weighted by Crippen LogP contribution is -2.56. The second-order valence-electron chi connectivity index (χ2n) is 11.8. The number of nitrogens with zero attached hydrogens (tertiary/aromatic N) is 1. The molecule has 0 N–H and O–H groups in total. The van der Waals surface area contributed by atoms with Crippen molar-refractivity contribution in [1.29, 1.82) is 0 Å². The number of aryl methyl sites for hydroxylation is 1. The predicted octanol–water partition coefficient (Wildman–Crippen LogP) is 4.66. The van der Waals surface area contributed by atoms with Crippen LogP contribution in [0.25, 0.3) is 0 Å². The van der Waals surface area contributed by atoms with Gasteiger partial charge in [0.1, 0.15) is 5.60 Å². The van der Waals surface area contributed by atoms with Gasteiger partial charge in [-0.05, 0) is 97.0 Å². The Morgan fingerprint density at radius 3 is 2.33 bits per heavy atom. The van der Waals surface area contributed by atoms with E-state index in [9.17, 15) is 4.79 Å². The van der Waals surface area contributed by atoms with Crippen molar-refractivity contribution in [3.05, 3.63) is 28.3 Å². The fourth-order valence-electron chi connectivity index (χ4n) is 4.55. The summed E-state index contributed by atoms with van der Waals surface area (Å²) >= 11 is 6.45. The maximum Gasteiger partial charge on any atom is 0.495 e. The van der Waals surface area contributed by atoms with E-state index in [0.717, 1.165) is 29.4 Å². The predicted molar refractivity (Wildman–Crippen MR) is 130 cm³/mol. The number of amides is 1. The van der Waals surface area contributed by atoms with Gasteiger partial charge in [-0.3, -0.25) is 4.90 Å². The van der Waals surface area contributed by atoms with Crippen molar-refractivity contribution in [2.24, 2.45) is 0 Å². The van der Waals surface area contributed by atoms with Gasteiger partial charge in [-0.25, -0.2) is 4.79 Å². The molecule has 3 aliphatic rings. The third-order valence-electron chi connectivity index (χ3n) is 7.40. The average molecular weight is 478 g/mol. The van der Waals surface area contributed by atoms with Crippen LogP contribution >= 0.6 is 11.6 Å². The molecule has 0 aromatic heterocycles. The van der Waals surface area contributed by atoms with E-state index in [0.29, 0.717) is 24.6 Å². The summed E-state index contributed by atoms with van der Waals surface area (Å²) < 4.78 is 24.7. The van der Waals surface area contributed by atoms with Crippen LogP contribution in [0.1, 0.15) is 72.4 Å². The third-order valence-corrected chi connectivity index (χ3v) is 7.62. The van der Waals surface area contributed by atoms with Crippen LogP contribution in [0.2, 0.25) is 5.02 Å². The van der Waals surface area contributed by atoms with Gasteiger partial charge in [0.15, 0.2) is 0 Å². The molecule has 1 saturated carbocycles. The van der Waals surface area contributed by atoms with Gasteiger partial charge in [-0.2, -0.15) is 0 Å². The van der Waals surface area contributed by atoms with E-state index in [1.165, 1.54) is 0 Å². The summed E-state index contributed by atoms with van der Waals surface area (Å²) in [5.41, 5.74) is 1.46. The van der Waals surface area contributed by atoms with E-state index in [1.54, 1.807) is 0 Å². The first-order valence-corrected chi connectivity index (χ1v) is 12.3. The SMILES string of the molecule is Cc1cc(Cl)cc(B2OC(C)(C)C(C)(C)O2)c1CC1CN(C(=O)OC(C)(C)C)C2(CC2)CO1. The van der Waals surface area contributed by atoms with Crippen LogP contribution < -0.4 is 5.46 Å². The topological polar surface area (TPSA) is 57.2 Å². The van der Waals surface area contributed by atoms with Gasteiger partial charge in [-0.1, -0.05) is 11.6 Å². The van der Waals surface area contributed by atoms with Crippen LogP contribution in [0, 0.1) is 6.92 Å². The third kappa shape index (κ3) is 4.93. The molecule has 1 amide bonds. The quantitative estimate of drug-likeness (QED) is 0.593. The van der Waals surface area contributed by atoms with Gasteiger partial charge in [0.25, 0.3) is 0 Å². The second-order valence-corrected chi connectivity index (χ2v) is 12.3. The smallest absolute Gasteiger partial charge is 0.444 e. The molecular weight excluding hydrogens is 441 g/mol. The number of halogens is 1. The van der Waals surface area contributed by atoms with Crippen molar-refractivity contribution in [2.75, 3.05) is 13.2 Å². The Kier molecular flexibility index (Phi) is 6.13. The first-order chi connectivity index (χ1) is 15.1. The molecule has 1 aliphatic carbocycles. The second kappa shape index (κ2) is 8.15. The van der Waals surface area contributed by atoms with E-state index >= 15 is 0 Å². The fourth-order valence-corrected chi connectivity index (χ4v) is 4.84. The average Bonchev–Trinajstić information content (AvgIpc) is 3.37. The molecule has 182 valence electrons. The molecule has 2 aliphatic heterocycles. The Labute approximate surface area is 203 Å². The maximum absolute atomic E-state index is 13.0. The summed E-state index contributed by atoms with van der Waals surface area (Å²) in [5.74, 6) is 0. The van der Waals surface area contributed by atoms with Crippen LogP contribution in [-0.2, 0) is 25.2 Å². The molecule has 3 fully saturated rings. The van der Waals surface area contributed by atoms with Gasteiger partial charge in [0.2, 0.25) is 0 Å². The summed E-state index contributed by atoms with van der Waals surface area (Å²) in [6, 6.07) is 3.89. The molecule has 8 heteroatoms. The molecule has 2 saturated heterocycles. The Morgan fingerprint density at radius 1 is 1.18 bits per heavy atom. The molecule has 6 nitrogen and oxygen atoms in total. The Balaban J connectivity index is 1.57. The highest BCUT2D eigenvalue weighted by molar-refractivity contribution is 6.63. The van der Waals surface area contributed by atoms with Gasteiger partial charge in [0.05, 0.1) is 36.0 Å². The van der Waals surface area contributed by atoms with Crippen LogP contribution in [0.5, 0.6) is 0 Å². The molecule has 33 heavy (non-hydrogen) atoms. The van der Waals surface area contributed by atoms with Crippen LogP contribution in [0.15, 0.2) is 12.1 Å². The summed E-state index contributed by atoms with van der Waals surface area (Å²) in [5, 5.41) is 0.651. The maximum atomic E-state index is 13.0. The molecule has 1 unspecified atom stereocenters. The Bertz CT molecular complexity index is 921. The summed E-state index contributed by atoms with van der Waals surface area (Å²) in [7, 11) is -0.511. The zero-order valence-electron chi connectivity index (χ0n) is 21.2. The number of hydrogen-bond donors (Lipinski definition) is 0. The van der Waals surface area contributed by atoms with Crippen molar-refractivity contribution in [1.82, 2.24) is 4.90 Å². The molecule has 0 radical (unpaired) electrons. The van der Waals surface area contributed by atoms with Crippen molar-refractivity contribution < 1.29 is 23.6 Å². The van der Waals surface area contributed by atoms with E-state index < -0.39 is 23.9 Å². The van der Waals surface area contributed by atoms with Crippen molar-refractivity contribution in [2.45, 2.75) is 103 Å². The molecule has 2 heterocycles. The summed E-state index contributed by atoms with van der Waals surface area (Å²) in [4.78, 5) is 14.9. The number of carbonyl (C=O) groups excluding carboxylic acids is 1. The summed E-state index contributed by atoms with van der Waals surface area (Å²) in [6.45, 7) is 17.0. The lowest BCUT2D eigenvalue weighted by atomic mass is 9.73. The minimum absolute atomic E-state index is 0.148. The molecule has 1 spiro atoms. The molecule has 1 aromatic carbocycles. The zero-order chi connectivity index (χ0) is 24.4. The van der Waals surface area contributed by atoms with Crippen molar-refractivity contribution >= 4 is 30.3 Å². The number of ether oxygens (including phenoxy) is 2. The molecule has 4 rings (SSSR count). The minimum Gasteiger partial charge on any atom is -0.444 e. The first-order valence-electron chi connectivity index (χ1n) is 11.9. The van der Waals surface area contributed by atoms with Crippen molar-refractivity contribution in [3.63, 3.8) is 0 Å². The monoisotopic (exact) mass is 477 g/mol. The van der Waals surface area contributed by atoms with Crippen LogP contribution in [0.3, 0.4) is 0 Å². The molecule has 0 bridgehead atoms. The minimum atomic E-state index is -0.530. The van der Waals surface area contributed by atoms with Gasteiger partial charge < -0.3 is 18.8 Å². The lowest BCUT2D eigenvalue weighted by Gasteiger charge is -2.41. The highest BCUT2D eigenvalue weighted by Gasteiger charge is 2.55. The highest BCUT2D eigenvalue weighted by Crippen LogP contribution is 2.45. The van der Waals surface area contributed by atoms with Crippen molar-refractivity contribution in [3.8, 4) is 0 Å². The van der Waals surface area contributed by atoms with E-state index in [4.69, 9.17) is 30.4 Å². The van der Waals surface area contributed by atoms with E-state index in [1.807, 2.05) is 72.4 Å². The highest BCUT2D eigenvalue weighted by atomic mass is 35.5. The number of hydrogen-bond acceptors (Lipinski definition) is 5. The van der Waals surface area contributed by atoms with Gasteiger partial charge >= 0.3 is 13.2 Å². The molecular formula is C25H37BClNO5. The number of carbonyl (C=O) groups is 1. The van der Waals surface area contributed by atoms with Gasteiger partial charge in [-0.15, -0.1) is 0 Å².